The topological polar surface area (TPSA) is 40.5 Å². The summed E-state index contributed by atoms with van der Waals surface area (Å²) in [5, 5.41) is 12.0. The Kier molecular flexibility index (Phi) is 3.46. The Morgan fingerprint density at radius 3 is 2.44 bits per heavy atom. The van der Waals surface area contributed by atoms with Crippen LogP contribution in [0.1, 0.15) is 19.3 Å². The molecule has 16 heavy (non-hydrogen) atoms. The van der Waals surface area contributed by atoms with Crippen molar-refractivity contribution in [3.63, 3.8) is 0 Å². The number of benzene rings is 1. The molecule has 0 unspecified atom stereocenters. The summed E-state index contributed by atoms with van der Waals surface area (Å²) in [6.07, 6.45) is 2.63. The van der Waals surface area contributed by atoms with Gasteiger partial charge in [-0.05, 0) is 24.1 Å². The SMILES string of the molecule is Clc1cc2ccc1=2.O=C1CCCCN1CO. The van der Waals surface area contributed by atoms with Gasteiger partial charge in [-0.25, -0.2) is 0 Å². The maximum atomic E-state index is 10.8. The average Bonchev–Trinajstić information content (AvgIpc) is 2.27. The predicted molar refractivity (Wildman–Crippen MR) is 61.8 cm³/mol. The molecule has 1 aliphatic heterocycles. The van der Waals surface area contributed by atoms with Gasteiger partial charge in [0.25, 0.3) is 0 Å². The van der Waals surface area contributed by atoms with Crippen molar-refractivity contribution < 1.29 is 9.90 Å². The molecule has 0 aromatic heterocycles. The highest BCUT2D eigenvalue weighted by atomic mass is 35.5. The second kappa shape index (κ2) is 4.85. The van der Waals surface area contributed by atoms with Crippen LogP contribution in [0.15, 0.2) is 18.2 Å². The minimum absolute atomic E-state index is 0.0868. The smallest absolute Gasteiger partial charge is 0.224 e. The number of aliphatic hydroxyl groups is 1. The number of nitrogens with zero attached hydrogens (tertiary/aromatic N) is 1. The molecule has 0 saturated carbocycles. The van der Waals surface area contributed by atoms with Gasteiger partial charge in [0.1, 0.15) is 6.73 Å². The molecule has 4 heteroatoms. The first-order valence-corrected chi connectivity index (χ1v) is 5.78. The van der Waals surface area contributed by atoms with Gasteiger partial charge in [-0.15, -0.1) is 0 Å². The Labute approximate surface area is 98.9 Å². The van der Waals surface area contributed by atoms with Crippen molar-refractivity contribution >= 4 is 17.5 Å². The van der Waals surface area contributed by atoms with Crippen molar-refractivity contribution in [2.75, 3.05) is 13.3 Å². The van der Waals surface area contributed by atoms with Gasteiger partial charge in [0, 0.05) is 23.2 Å². The maximum Gasteiger partial charge on any atom is 0.224 e. The first-order chi connectivity index (χ1) is 7.72. The fourth-order valence-electron chi connectivity index (χ4n) is 1.75. The third-order valence-electron chi connectivity index (χ3n) is 2.87. The summed E-state index contributed by atoms with van der Waals surface area (Å²) in [5.41, 5.74) is 0. The third-order valence-corrected chi connectivity index (χ3v) is 3.18. The summed E-state index contributed by atoms with van der Waals surface area (Å²) in [4.78, 5) is 12.3. The lowest BCUT2D eigenvalue weighted by Gasteiger charge is -2.23. The van der Waals surface area contributed by atoms with E-state index in [2.05, 4.69) is 6.07 Å². The Morgan fingerprint density at radius 2 is 2.19 bits per heavy atom. The highest BCUT2D eigenvalue weighted by Gasteiger charge is 2.15. The Bertz CT molecular complexity index is 486. The molecule has 3 nitrogen and oxygen atoms in total. The molecule has 2 aliphatic carbocycles. The quantitative estimate of drug-likeness (QED) is 0.826. The molecule has 0 bridgehead atoms. The summed E-state index contributed by atoms with van der Waals surface area (Å²) in [5.74, 6) is 0.0868. The fourth-order valence-corrected chi connectivity index (χ4v) is 2.04. The zero-order valence-corrected chi connectivity index (χ0v) is 9.70. The zero-order valence-electron chi connectivity index (χ0n) is 8.95. The number of hydrogen-bond acceptors (Lipinski definition) is 2. The molecule has 0 aromatic carbocycles. The molecular weight excluding hydrogens is 226 g/mol. The standard InChI is InChI=1S/C6H3Cl.C6H11NO2/c7-6-3-4-1-2-5(4)6;8-5-7-4-2-1-3-6(7)9/h1-3H;8H,1-5H2. The van der Waals surface area contributed by atoms with Gasteiger partial charge in [-0.2, -0.15) is 0 Å². The van der Waals surface area contributed by atoms with E-state index in [-0.39, 0.29) is 12.6 Å². The number of carbonyl (C=O) groups excluding carboxylic acids is 1. The number of halogens is 1. The minimum Gasteiger partial charge on any atom is -0.376 e. The van der Waals surface area contributed by atoms with Crippen LogP contribution in [0.5, 0.6) is 0 Å². The fraction of sp³-hybridized carbons (Fsp3) is 0.417. The number of rotatable bonds is 1. The Balaban J connectivity index is 0.000000123. The average molecular weight is 240 g/mol. The van der Waals surface area contributed by atoms with Crippen LogP contribution in [-0.2, 0) is 4.79 Å². The van der Waals surface area contributed by atoms with E-state index in [0.717, 1.165) is 24.4 Å². The normalized spacial score (nSPS) is 16.6. The third kappa shape index (κ3) is 2.20. The van der Waals surface area contributed by atoms with Crippen LogP contribution in [0.3, 0.4) is 0 Å². The summed E-state index contributed by atoms with van der Waals surface area (Å²) in [6, 6.07) is 6.05. The van der Waals surface area contributed by atoms with Crippen LogP contribution < -0.4 is 0 Å². The molecule has 1 amide bonds. The molecule has 0 spiro atoms. The highest BCUT2D eigenvalue weighted by Crippen LogP contribution is 2.20. The van der Waals surface area contributed by atoms with Crippen molar-refractivity contribution in [1.29, 1.82) is 0 Å². The van der Waals surface area contributed by atoms with Crippen molar-refractivity contribution in [2.24, 2.45) is 0 Å². The highest BCUT2D eigenvalue weighted by molar-refractivity contribution is 6.31. The number of likely N-dealkylation sites (tertiary alicyclic amines) is 1. The minimum atomic E-state index is -0.112. The van der Waals surface area contributed by atoms with Gasteiger partial charge in [0.15, 0.2) is 0 Å². The van der Waals surface area contributed by atoms with E-state index in [1.807, 2.05) is 12.1 Å². The van der Waals surface area contributed by atoms with Crippen LogP contribution in [-0.4, -0.2) is 29.2 Å². The van der Waals surface area contributed by atoms with Crippen LogP contribution in [0.25, 0.3) is 0 Å². The van der Waals surface area contributed by atoms with Crippen molar-refractivity contribution in [2.45, 2.75) is 19.3 Å². The van der Waals surface area contributed by atoms with Crippen molar-refractivity contribution in [1.82, 2.24) is 4.90 Å². The molecule has 1 saturated heterocycles. The molecule has 0 atom stereocenters. The van der Waals surface area contributed by atoms with E-state index < -0.39 is 0 Å². The predicted octanol–water partition coefficient (Wildman–Crippen LogP) is 1.89. The number of hydrogen-bond donors (Lipinski definition) is 1. The van der Waals surface area contributed by atoms with Gasteiger partial charge >= 0.3 is 0 Å². The maximum absolute atomic E-state index is 10.8. The Hall–Kier alpha value is -1.06. The van der Waals surface area contributed by atoms with E-state index in [9.17, 15) is 4.79 Å². The summed E-state index contributed by atoms with van der Waals surface area (Å²) in [6.45, 7) is 0.619. The first-order valence-electron chi connectivity index (χ1n) is 5.41. The van der Waals surface area contributed by atoms with Gasteiger partial charge in [-0.1, -0.05) is 23.7 Å². The van der Waals surface area contributed by atoms with Gasteiger partial charge < -0.3 is 10.0 Å². The van der Waals surface area contributed by atoms with E-state index in [1.54, 1.807) is 0 Å². The second-order valence-corrected chi connectivity index (χ2v) is 4.36. The first kappa shape index (κ1) is 11.4. The second-order valence-electron chi connectivity index (χ2n) is 3.95. The van der Waals surface area contributed by atoms with E-state index in [4.69, 9.17) is 16.7 Å². The van der Waals surface area contributed by atoms with Crippen LogP contribution in [0, 0.1) is 10.4 Å². The van der Waals surface area contributed by atoms with Crippen LogP contribution in [0.4, 0.5) is 0 Å². The monoisotopic (exact) mass is 239 g/mol. The van der Waals surface area contributed by atoms with E-state index in [0.29, 0.717) is 6.42 Å². The molecule has 1 fully saturated rings. The van der Waals surface area contributed by atoms with E-state index in [1.165, 1.54) is 15.3 Å². The number of piperidine rings is 1. The van der Waals surface area contributed by atoms with Crippen molar-refractivity contribution in [3.8, 4) is 0 Å². The summed E-state index contributed by atoms with van der Waals surface area (Å²) < 4.78 is 0. The van der Waals surface area contributed by atoms with Gasteiger partial charge in [0.2, 0.25) is 5.91 Å². The molecule has 3 rings (SSSR count). The van der Waals surface area contributed by atoms with Crippen LogP contribution in [0.2, 0.25) is 5.02 Å². The lowest BCUT2D eigenvalue weighted by molar-refractivity contribution is -0.137. The van der Waals surface area contributed by atoms with Gasteiger partial charge in [0.05, 0.1) is 0 Å². The zero-order chi connectivity index (χ0) is 11.5. The van der Waals surface area contributed by atoms with Crippen molar-refractivity contribution in [3.05, 3.63) is 33.7 Å². The lowest BCUT2D eigenvalue weighted by Crippen LogP contribution is -2.35. The lowest BCUT2D eigenvalue weighted by atomic mass is 10.1. The number of aliphatic hydroxyl groups excluding tert-OH is 1. The molecule has 1 N–H and O–H groups in total. The summed E-state index contributed by atoms with van der Waals surface area (Å²) in [7, 11) is 0. The van der Waals surface area contributed by atoms with Crippen LogP contribution >= 0.6 is 11.6 Å². The molecule has 0 aromatic rings. The van der Waals surface area contributed by atoms with Gasteiger partial charge in [-0.3, -0.25) is 4.79 Å². The Morgan fingerprint density at radius 1 is 1.38 bits per heavy atom. The largest absolute Gasteiger partial charge is 0.376 e. The molecule has 1 heterocycles. The number of carbonyl (C=O) groups is 1. The molecule has 86 valence electrons. The van der Waals surface area contributed by atoms with E-state index >= 15 is 0 Å². The molecule has 0 radical (unpaired) electrons. The molecule has 3 aliphatic rings. The summed E-state index contributed by atoms with van der Waals surface area (Å²) >= 11 is 5.60. The molecular formula is C12H14ClNO2. The number of amides is 1.